The summed E-state index contributed by atoms with van der Waals surface area (Å²) in [7, 11) is 0. The monoisotopic (exact) mass is 257 g/mol. The van der Waals surface area contributed by atoms with E-state index in [1.165, 1.54) is 11.9 Å². The van der Waals surface area contributed by atoms with E-state index in [4.69, 9.17) is 0 Å². The predicted octanol–water partition coefficient (Wildman–Crippen LogP) is 1.02. The van der Waals surface area contributed by atoms with E-state index < -0.39 is 0 Å². The second-order valence-electron chi connectivity index (χ2n) is 4.66. The summed E-state index contributed by atoms with van der Waals surface area (Å²) in [5.74, 6) is 0.629. The summed E-state index contributed by atoms with van der Waals surface area (Å²) in [5, 5.41) is 12.7. The van der Waals surface area contributed by atoms with Crippen molar-refractivity contribution in [2.75, 3.05) is 5.32 Å². The van der Waals surface area contributed by atoms with Gasteiger partial charge in [-0.15, -0.1) is 0 Å². The molecule has 0 saturated carbocycles. The molecule has 1 aromatic carbocycles. The highest BCUT2D eigenvalue weighted by molar-refractivity contribution is 5.87. The molecule has 2 atom stereocenters. The molecule has 0 radical (unpaired) electrons. The highest BCUT2D eigenvalue weighted by Gasteiger charge is 2.27. The number of nitrogens with zero attached hydrogens (tertiary/aromatic N) is 2. The molecule has 1 aliphatic rings. The number of hydrogen-bond donors (Lipinski definition) is 3. The van der Waals surface area contributed by atoms with Gasteiger partial charge in [0.05, 0.1) is 6.04 Å². The fourth-order valence-electron chi connectivity index (χ4n) is 2.26. The van der Waals surface area contributed by atoms with Crippen LogP contribution in [0.3, 0.4) is 0 Å². The van der Waals surface area contributed by atoms with E-state index in [2.05, 4.69) is 25.8 Å². The van der Waals surface area contributed by atoms with Gasteiger partial charge in [-0.05, 0) is 18.6 Å². The number of benzene rings is 1. The number of rotatable bonds is 3. The average molecular weight is 257 g/mol. The largest absolute Gasteiger partial charge is 0.373 e. The van der Waals surface area contributed by atoms with Gasteiger partial charge in [0.1, 0.15) is 18.2 Å². The molecule has 2 heterocycles. The summed E-state index contributed by atoms with van der Waals surface area (Å²) in [6.45, 7) is 1.88. The molecule has 0 aliphatic carbocycles. The molecule has 6 nitrogen and oxygen atoms in total. The van der Waals surface area contributed by atoms with Crippen LogP contribution in [0.1, 0.15) is 24.4 Å². The highest BCUT2D eigenvalue weighted by Crippen LogP contribution is 2.25. The van der Waals surface area contributed by atoms with Crippen LogP contribution in [0.25, 0.3) is 0 Å². The molecule has 1 amide bonds. The minimum Gasteiger partial charge on any atom is -0.373 e. The van der Waals surface area contributed by atoms with Crippen molar-refractivity contribution in [2.24, 2.45) is 0 Å². The molecule has 2 aromatic rings. The summed E-state index contributed by atoms with van der Waals surface area (Å²) < 4.78 is 0. The van der Waals surface area contributed by atoms with E-state index in [-0.39, 0.29) is 18.0 Å². The van der Waals surface area contributed by atoms with E-state index in [0.717, 1.165) is 5.69 Å². The molecule has 0 bridgehead atoms. The summed E-state index contributed by atoms with van der Waals surface area (Å²) in [5.41, 5.74) is 2.21. The predicted molar refractivity (Wildman–Crippen MR) is 70.5 cm³/mol. The smallest absolute Gasteiger partial charge is 0.243 e. The lowest BCUT2D eigenvalue weighted by molar-refractivity contribution is -0.122. The van der Waals surface area contributed by atoms with Gasteiger partial charge < -0.3 is 10.6 Å². The molecule has 2 unspecified atom stereocenters. The second kappa shape index (κ2) is 4.72. The summed E-state index contributed by atoms with van der Waals surface area (Å²) in [6, 6.07) is 7.57. The lowest BCUT2D eigenvalue weighted by Crippen LogP contribution is -2.39. The molecule has 0 spiro atoms. The summed E-state index contributed by atoms with van der Waals surface area (Å²) in [4.78, 5) is 16.2. The van der Waals surface area contributed by atoms with E-state index >= 15 is 0 Å². The lowest BCUT2D eigenvalue weighted by atomic mass is 10.1. The molecule has 6 heteroatoms. The zero-order chi connectivity index (χ0) is 13.2. The van der Waals surface area contributed by atoms with Crippen LogP contribution in [0.15, 0.2) is 30.6 Å². The Morgan fingerprint density at radius 3 is 3.05 bits per heavy atom. The number of carbonyl (C=O) groups is 1. The maximum atomic E-state index is 12.2. The molecule has 1 aliphatic heterocycles. The molecule has 19 heavy (non-hydrogen) atoms. The van der Waals surface area contributed by atoms with Gasteiger partial charge in [0.2, 0.25) is 5.91 Å². The minimum absolute atomic E-state index is 0.0277. The number of para-hydroxylation sites is 1. The first-order valence-corrected chi connectivity index (χ1v) is 6.24. The molecule has 0 saturated heterocycles. The molecular formula is C13H15N5O. The number of H-pyrrole nitrogens is 1. The summed E-state index contributed by atoms with van der Waals surface area (Å²) in [6.07, 6.45) is 2.15. The first-order chi connectivity index (χ1) is 9.24. The van der Waals surface area contributed by atoms with Crippen LogP contribution in [-0.4, -0.2) is 27.1 Å². The van der Waals surface area contributed by atoms with Gasteiger partial charge in [-0.1, -0.05) is 18.2 Å². The van der Waals surface area contributed by atoms with Gasteiger partial charge in [-0.2, -0.15) is 5.10 Å². The van der Waals surface area contributed by atoms with E-state index in [9.17, 15) is 4.79 Å². The van der Waals surface area contributed by atoms with Crippen LogP contribution in [0, 0.1) is 0 Å². The Morgan fingerprint density at radius 2 is 2.32 bits per heavy atom. The Labute approximate surface area is 110 Å². The number of amides is 1. The Bertz CT molecular complexity index is 555. The zero-order valence-electron chi connectivity index (χ0n) is 10.6. The highest BCUT2D eigenvalue weighted by atomic mass is 16.2. The first kappa shape index (κ1) is 11.7. The van der Waals surface area contributed by atoms with Crippen LogP contribution < -0.4 is 10.6 Å². The molecule has 98 valence electrons. The first-order valence-electron chi connectivity index (χ1n) is 6.24. The van der Waals surface area contributed by atoms with Gasteiger partial charge in [0, 0.05) is 12.1 Å². The number of carbonyl (C=O) groups excluding carboxylic acids is 1. The van der Waals surface area contributed by atoms with Gasteiger partial charge in [-0.3, -0.25) is 9.89 Å². The van der Waals surface area contributed by atoms with E-state index in [0.29, 0.717) is 12.2 Å². The van der Waals surface area contributed by atoms with Crippen molar-refractivity contribution in [1.29, 1.82) is 0 Å². The Kier molecular flexibility index (Phi) is 2.91. The standard InChI is InChI=1S/C13H15N5O/c1-8(12-14-7-15-18-12)16-13(19)11-6-9-4-2-3-5-10(9)17-11/h2-5,7-8,11,17H,6H2,1H3,(H,16,19)(H,14,15,18). The van der Waals surface area contributed by atoms with Crippen molar-refractivity contribution in [2.45, 2.75) is 25.4 Å². The van der Waals surface area contributed by atoms with E-state index in [1.807, 2.05) is 31.2 Å². The summed E-state index contributed by atoms with van der Waals surface area (Å²) >= 11 is 0. The van der Waals surface area contributed by atoms with Crippen LogP contribution in [0.2, 0.25) is 0 Å². The van der Waals surface area contributed by atoms with Crippen LogP contribution in [0.4, 0.5) is 5.69 Å². The maximum Gasteiger partial charge on any atom is 0.243 e. The Balaban J connectivity index is 1.64. The average Bonchev–Trinajstić information content (AvgIpc) is 3.07. The topological polar surface area (TPSA) is 82.7 Å². The lowest BCUT2D eigenvalue weighted by Gasteiger charge is -2.15. The molecule has 3 rings (SSSR count). The molecule has 1 aromatic heterocycles. The van der Waals surface area contributed by atoms with Gasteiger partial charge in [0.25, 0.3) is 0 Å². The quantitative estimate of drug-likeness (QED) is 0.766. The fourth-order valence-corrected chi connectivity index (χ4v) is 2.26. The van der Waals surface area contributed by atoms with Gasteiger partial charge in [0.15, 0.2) is 0 Å². The van der Waals surface area contributed by atoms with Crippen molar-refractivity contribution in [3.05, 3.63) is 42.0 Å². The number of hydrogen-bond acceptors (Lipinski definition) is 4. The molecule has 0 fully saturated rings. The van der Waals surface area contributed by atoms with Crippen LogP contribution in [-0.2, 0) is 11.2 Å². The van der Waals surface area contributed by atoms with Crippen molar-refractivity contribution in [3.8, 4) is 0 Å². The Morgan fingerprint density at radius 1 is 1.47 bits per heavy atom. The Hall–Kier alpha value is -2.37. The van der Waals surface area contributed by atoms with Gasteiger partial charge >= 0.3 is 0 Å². The number of anilines is 1. The van der Waals surface area contributed by atoms with E-state index in [1.54, 1.807) is 0 Å². The van der Waals surface area contributed by atoms with Crippen molar-refractivity contribution < 1.29 is 4.79 Å². The second-order valence-corrected chi connectivity index (χ2v) is 4.66. The van der Waals surface area contributed by atoms with Crippen molar-refractivity contribution in [3.63, 3.8) is 0 Å². The number of aromatic amines is 1. The van der Waals surface area contributed by atoms with Crippen molar-refractivity contribution >= 4 is 11.6 Å². The molecule has 3 N–H and O–H groups in total. The van der Waals surface area contributed by atoms with Gasteiger partial charge in [-0.25, -0.2) is 4.98 Å². The van der Waals surface area contributed by atoms with Crippen LogP contribution >= 0.6 is 0 Å². The number of nitrogens with one attached hydrogen (secondary N) is 3. The number of aromatic nitrogens is 3. The van der Waals surface area contributed by atoms with Crippen LogP contribution in [0.5, 0.6) is 0 Å². The maximum absolute atomic E-state index is 12.2. The normalized spacial score (nSPS) is 18.5. The third kappa shape index (κ3) is 2.29. The third-order valence-corrected chi connectivity index (χ3v) is 3.29. The minimum atomic E-state index is -0.220. The fraction of sp³-hybridized carbons (Fsp3) is 0.308. The SMILES string of the molecule is CC(NC(=O)C1Cc2ccccc2N1)c1ncn[nH]1. The third-order valence-electron chi connectivity index (χ3n) is 3.29. The zero-order valence-corrected chi connectivity index (χ0v) is 10.6. The van der Waals surface area contributed by atoms with Crippen molar-refractivity contribution in [1.82, 2.24) is 20.5 Å². The molecular weight excluding hydrogens is 242 g/mol. The number of fused-ring (bicyclic) bond motifs is 1.